The molecule has 0 spiro atoms. The van der Waals surface area contributed by atoms with Gasteiger partial charge in [-0.1, -0.05) is 23.5 Å². The molecule has 0 bridgehead atoms. The van der Waals surface area contributed by atoms with Gasteiger partial charge < -0.3 is 14.5 Å². The zero-order chi connectivity index (χ0) is 17.3. The van der Waals surface area contributed by atoms with Crippen LogP contribution in [0, 0.1) is 0 Å². The Hall–Kier alpha value is -1.82. The van der Waals surface area contributed by atoms with Gasteiger partial charge in [0.05, 0.1) is 16.3 Å². The Kier molecular flexibility index (Phi) is 4.67. The molecule has 1 unspecified atom stereocenters. The van der Waals surface area contributed by atoms with Gasteiger partial charge >= 0.3 is 6.09 Å². The van der Waals surface area contributed by atoms with Crippen LogP contribution in [0.4, 0.5) is 9.93 Å². The molecule has 0 aliphatic carbocycles. The molecule has 6 heteroatoms. The van der Waals surface area contributed by atoms with E-state index in [4.69, 9.17) is 9.72 Å². The van der Waals surface area contributed by atoms with Crippen LogP contribution in [0.5, 0.6) is 0 Å². The van der Waals surface area contributed by atoms with Crippen molar-refractivity contribution in [3.63, 3.8) is 0 Å². The second-order valence-electron chi connectivity index (χ2n) is 7.30. The summed E-state index contributed by atoms with van der Waals surface area (Å²) >= 11 is 1.72. The van der Waals surface area contributed by atoms with Crippen molar-refractivity contribution in [1.29, 1.82) is 0 Å². The van der Waals surface area contributed by atoms with Crippen LogP contribution in [0.2, 0.25) is 0 Å². The Labute approximate surface area is 147 Å². The zero-order valence-corrected chi connectivity index (χ0v) is 15.6. The number of carbonyl (C=O) groups excluding carboxylic acids is 1. The third kappa shape index (κ3) is 3.80. The highest BCUT2D eigenvalue weighted by Crippen LogP contribution is 2.31. The van der Waals surface area contributed by atoms with E-state index in [-0.39, 0.29) is 12.1 Å². The molecule has 2 heterocycles. The molecule has 0 N–H and O–H groups in total. The predicted octanol–water partition coefficient (Wildman–Crippen LogP) is 4.13. The minimum Gasteiger partial charge on any atom is -0.444 e. The standard InChI is InChI=1S/C18H25N3O2S/c1-18(2,3)23-17(22)20(4)13-8-7-11-21(12-13)16-19-14-9-5-6-10-15(14)24-16/h5-6,9-10,13H,7-8,11-12H2,1-4H3. The molecule has 1 fully saturated rings. The number of ether oxygens (including phenoxy) is 1. The first-order chi connectivity index (χ1) is 11.3. The summed E-state index contributed by atoms with van der Waals surface area (Å²) in [5.41, 5.74) is 0.576. The molecule has 1 saturated heterocycles. The number of para-hydroxylation sites is 1. The number of likely N-dealkylation sites (N-methyl/N-ethyl adjacent to an activating group) is 1. The topological polar surface area (TPSA) is 45.7 Å². The number of rotatable bonds is 2. The Balaban J connectivity index is 1.70. The van der Waals surface area contributed by atoms with Gasteiger partial charge in [-0.2, -0.15) is 0 Å². The van der Waals surface area contributed by atoms with E-state index in [9.17, 15) is 4.79 Å². The molecule has 1 atom stereocenters. The highest BCUT2D eigenvalue weighted by atomic mass is 32.1. The third-order valence-corrected chi connectivity index (χ3v) is 5.28. The van der Waals surface area contributed by atoms with E-state index in [0.717, 1.165) is 36.6 Å². The van der Waals surface area contributed by atoms with Crippen molar-refractivity contribution in [2.24, 2.45) is 0 Å². The van der Waals surface area contributed by atoms with Crippen LogP contribution in [0.1, 0.15) is 33.6 Å². The number of carbonyl (C=O) groups is 1. The van der Waals surface area contributed by atoms with Gasteiger partial charge in [0, 0.05) is 20.1 Å². The number of benzene rings is 1. The van der Waals surface area contributed by atoms with Gasteiger partial charge in [0.15, 0.2) is 5.13 Å². The maximum Gasteiger partial charge on any atom is 0.410 e. The molecule has 2 aromatic rings. The van der Waals surface area contributed by atoms with Crippen molar-refractivity contribution in [3.8, 4) is 0 Å². The molecule has 1 aromatic carbocycles. The van der Waals surface area contributed by atoms with Crippen LogP contribution in [-0.2, 0) is 4.74 Å². The van der Waals surface area contributed by atoms with Crippen molar-refractivity contribution >= 4 is 32.8 Å². The second-order valence-corrected chi connectivity index (χ2v) is 8.31. The van der Waals surface area contributed by atoms with E-state index in [2.05, 4.69) is 11.0 Å². The fourth-order valence-electron chi connectivity index (χ4n) is 2.92. The summed E-state index contributed by atoms with van der Waals surface area (Å²) in [5.74, 6) is 0. The minimum atomic E-state index is -0.466. The summed E-state index contributed by atoms with van der Waals surface area (Å²) in [6.45, 7) is 7.47. The lowest BCUT2D eigenvalue weighted by Gasteiger charge is -2.38. The number of nitrogens with zero attached hydrogens (tertiary/aromatic N) is 3. The normalized spacial score (nSPS) is 18.7. The molecule has 130 valence electrons. The van der Waals surface area contributed by atoms with Crippen molar-refractivity contribution in [3.05, 3.63) is 24.3 Å². The van der Waals surface area contributed by atoms with Crippen LogP contribution in [0.3, 0.4) is 0 Å². The quantitative estimate of drug-likeness (QED) is 0.819. The maximum atomic E-state index is 12.3. The summed E-state index contributed by atoms with van der Waals surface area (Å²) in [5, 5.41) is 1.04. The van der Waals surface area contributed by atoms with Crippen molar-refractivity contribution in [2.45, 2.75) is 45.3 Å². The molecule has 24 heavy (non-hydrogen) atoms. The summed E-state index contributed by atoms with van der Waals surface area (Å²) in [6, 6.07) is 8.36. The van der Waals surface area contributed by atoms with E-state index < -0.39 is 5.60 Å². The summed E-state index contributed by atoms with van der Waals surface area (Å²) in [6.07, 6.45) is 1.80. The van der Waals surface area contributed by atoms with Crippen molar-refractivity contribution in [2.75, 3.05) is 25.0 Å². The summed E-state index contributed by atoms with van der Waals surface area (Å²) < 4.78 is 6.70. The largest absolute Gasteiger partial charge is 0.444 e. The van der Waals surface area contributed by atoms with Crippen molar-refractivity contribution in [1.82, 2.24) is 9.88 Å². The fourth-order valence-corrected chi connectivity index (χ4v) is 3.92. The molecule has 0 saturated carbocycles. The van der Waals surface area contributed by atoms with E-state index in [0.29, 0.717) is 0 Å². The van der Waals surface area contributed by atoms with E-state index in [1.165, 1.54) is 4.70 Å². The molecule has 3 rings (SSSR count). The summed E-state index contributed by atoms with van der Waals surface area (Å²) in [7, 11) is 1.83. The molecule has 1 aromatic heterocycles. The molecule has 0 radical (unpaired) electrons. The third-order valence-electron chi connectivity index (χ3n) is 4.18. The van der Waals surface area contributed by atoms with E-state index in [1.807, 2.05) is 46.0 Å². The zero-order valence-electron chi connectivity index (χ0n) is 14.8. The van der Waals surface area contributed by atoms with Gasteiger partial charge in [0.25, 0.3) is 0 Å². The second kappa shape index (κ2) is 6.59. The van der Waals surface area contributed by atoms with Gasteiger partial charge in [0.1, 0.15) is 5.60 Å². The van der Waals surface area contributed by atoms with Crippen LogP contribution in [0.15, 0.2) is 24.3 Å². The number of anilines is 1. The average Bonchev–Trinajstić information content (AvgIpc) is 2.96. The molecular formula is C18H25N3O2S. The molecule has 1 aliphatic heterocycles. The first-order valence-corrected chi connectivity index (χ1v) is 9.21. The van der Waals surface area contributed by atoms with Crippen LogP contribution < -0.4 is 4.90 Å². The number of hydrogen-bond donors (Lipinski definition) is 0. The Morgan fingerprint density at radius 2 is 2.12 bits per heavy atom. The van der Waals surface area contributed by atoms with Crippen LogP contribution in [0.25, 0.3) is 10.2 Å². The first kappa shape index (κ1) is 17.0. The lowest BCUT2D eigenvalue weighted by molar-refractivity contribution is 0.0210. The number of thiazole rings is 1. The number of amides is 1. The lowest BCUT2D eigenvalue weighted by atomic mass is 10.1. The average molecular weight is 347 g/mol. The first-order valence-electron chi connectivity index (χ1n) is 8.40. The number of hydrogen-bond acceptors (Lipinski definition) is 5. The van der Waals surface area contributed by atoms with Gasteiger partial charge in [0.2, 0.25) is 0 Å². The molecular weight excluding hydrogens is 322 g/mol. The highest BCUT2D eigenvalue weighted by Gasteiger charge is 2.30. The molecule has 1 amide bonds. The Bertz CT molecular complexity index is 689. The highest BCUT2D eigenvalue weighted by molar-refractivity contribution is 7.22. The lowest BCUT2D eigenvalue weighted by Crippen LogP contribution is -2.49. The Morgan fingerprint density at radius 1 is 1.38 bits per heavy atom. The monoisotopic (exact) mass is 347 g/mol. The van der Waals surface area contributed by atoms with Crippen LogP contribution >= 0.6 is 11.3 Å². The number of aromatic nitrogens is 1. The smallest absolute Gasteiger partial charge is 0.410 e. The number of piperidine rings is 1. The maximum absolute atomic E-state index is 12.3. The SMILES string of the molecule is CN(C(=O)OC(C)(C)C)C1CCCN(c2nc3ccccc3s2)C1. The van der Waals surface area contributed by atoms with Crippen molar-refractivity contribution < 1.29 is 9.53 Å². The van der Waals surface area contributed by atoms with Gasteiger partial charge in [-0.3, -0.25) is 0 Å². The van der Waals surface area contributed by atoms with Gasteiger partial charge in [-0.15, -0.1) is 0 Å². The van der Waals surface area contributed by atoms with Crippen LogP contribution in [-0.4, -0.2) is 47.8 Å². The molecule has 1 aliphatic rings. The van der Waals surface area contributed by atoms with Gasteiger partial charge in [-0.05, 0) is 45.7 Å². The van der Waals surface area contributed by atoms with E-state index >= 15 is 0 Å². The molecule has 5 nitrogen and oxygen atoms in total. The Morgan fingerprint density at radius 3 is 2.83 bits per heavy atom. The minimum absolute atomic E-state index is 0.153. The fraction of sp³-hybridized carbons (Fsp3) is 0.556. The predicted molar refractivity (Wildman–Crippen MR) is 98.9 cm³/mol. The summed E-state index contributed by atoms with van der Waals surface area (Å²) in [4.78, 5) is 21.1. The van der Waals surface area contributed by atoms with E-state index in [1.54, 1.807) is 16.2 Å². The van der Waals surface area contributed by atoms with Gasteiger partial charge in [-0.25, -0.2) is 9.78 Å². The number of fused-ring (bicyclic) bond motifs is 1.